The van der Waals surface area contributed by atoms with Crippen LogP contribution < -0.4 is 5.32 Å². The lowest BCUT2D eigenvalue weighted by molar-refractivity contribution is -0.139. The van der Waals surface area contributed by atoms with Crippen molar-refractivity contribution in [3.05, 3.63) is 93.8 Å². The van der Waals surface area contributed by atoms with Gasteiger partial charge in [-0.3, -0.25) is 4.79 Å². The van der Waals surface area contributed by atoms with Crippen LogP contribution in [0.3, 0.4) is 0 Å². The number of ketones is 1. The van der Waals surface area contributed by atoms with Gasteiger partial charge in [-0.2, -0.15) is 0 Å². The molecule has 0 saturated heterocycles. The SMILES string of the molecule is CC1=C(C(=O)OCCc2ccccc2)[C@H](c2cccc(C)c2)C2=C(CCCC2=O)N1. The van der Waals surface area contributed by atoms with Gasteiger partial charge in [0.2, 0.25) is 0 Å². The first-order chi connectivity index (χ1) is 14.5. The van der Waals surface area contributed by atoms with Crippen LogP contribution in [0.1, 0.15) is 48.8 Å². The zero-order chi connectivity index (χ0) is 21.1. The first-order valence-corrected chi connectivity index (χ1v) is 10.6. The van der Waals surface area contributed by atoms with Gasteiger partial charge in [-0.25, -0.2) is 4.79 Å². The van der Waals surface area contributed by atoms with E-state index in [1.54, 1.807) is 0 Å². The number of Topliss-reactive ketones (excluding diaryl/α,β-unsaturated/α-hetero) is 1. The maximum atomic E-state index is 13.2. The van der Waals surface area contributed by atoms with Crippen LogP contribution in [0.15, 0.2) is 77.1 Å². The molecule has 0 radical (unpaired) electrons. The van der Waals surface area contributed by atoms with Crippen LogP contribution in [0.2, 0.25) is 0 Å². The number of dihydropyridines is 1. The van der Waals surface area contributed by atoms with Gasteiger partial charge < -0.3 is 10.1 Å². The molecular weight excluding hydrogens is 374 g/mol. The molecule has 4 rings (SSSR count). The largest absolute Gasteiger partial charge is 0.462 e. The number of carbonyl (C=O) groups is 2. The first-order valence-electron chi connectivity index (χ1n) is 10.6. The number of aryl methyl sites for hydroxylation is 1. The van der Waals surface area contributed by atoms with Crippen molar-refractivity contribution < 1.29 is 14.3 Å². The van der Waals surface area contributed by atoms with Crippen molar-refractivity contribution in [3.63, 3.8) is 0 Å². The summed E-state index contributed by atoms with van der Waals surface area (Å²) in [4.78, 5) is 26.1. The van der Waals surface area contributed by atoms with Crippen molar-refractivity contribution in [2.45, 2.75) is 45.4 Å². The molecule has 4 heteroatoms. The van der Waals surface area contributed by atoms with E-state index in [1.807, 2.05) is 62.4 Å². The van der Waals surface area contributed by atoms with Crippen LogP contribution >= 0.6 is 0 Å². The number of hydrogen-bond donors (Lipinski definition) is 1. The van der Waals surface area contributed by atoms with Gasteiger partial charge >= 0.3 is 5.97 Å². The summed E-state index contributed by atoms with van der Waals surface area (Å²) < 4.78 is 5.68. The highest BCUT2D eigenvalue weighted by molar-refractivity contribution is 6.03. The maximum absolute atomic E-state index is 13.2. The molecule has 1 aliphatic heterocycles. The van der Waals surface area contributed by atoms with E-state index in [4.69, 9.17) is 4.74 Å². The molecule has 0 aromatic heterocycles. The second kappa shape index (κ2) is 8.70. The maximum Gasteiger partial charge on any atom is 0.336 e. The van der Waals surface area contributed by atoms with Gasteiger partial charge in [-0.1, -0.05) is 60.2 Å². The molecule has 0 fully saturated rings. The molecule has 154 valence electrons. The minimum atomic E-state index is -0.377. The number of carbonyl (C=O) groups excluding carboxylic acids is 2. The molecule has 0 amide bonds. The van der Waals surface area contributed by atoms with E-state index in [9.17, 15) is 9.59 Å². The predicted molar refractivity (Wildman–Crippen MR) is 117 cm³/mol. The quantitative estimate of drug-likeness (QED) is 0.735. The molecular formula is C26H27NO3. The van der Waals surface area contributed by atoms with Gasteiger partial charge in [-0.05, 0) is 37.8 Å². The van der Waals surface area contributed by atoms with Crippen molar-refractivity contribution in [1.82, 2.24) is 5.32 Å². The van der Waals surface area contributed by atoms with Gasteiger partial charge in [0.05, 0.1) is 12.2 Å². The number of allylic oxidation sites excluding steroid dienone is 3. The summed E-state index contributed by atoms with van der Waals surface area (Å²) >= 11 is 0. The summed E-state index contributed by atoms with van der Waals surface area (Å²) in [5.41, 5.74) is 6.20. The Kier molecular flexibility index (Phi) is 5.84. The second-order valence-electron chi connectivity index (χ2n) is 8.05. The third-order valence-corrected chi connectivity index (χ3v) is 5.84. The fourth-order valence-corrected chi connectivity index (χ4v) is 4.42. The summed E-state index contributed by atoms with van der Waals surface area (Å²) in [5, 5.41) is 3.34. The van der Waals surface area contributed by atoms with E-state index in [0.29, 0.717) is 25.0 Å². The van der Waals surface area contributed by atoms with Gasteiger partial charge in [0.1, 0.15) is 0 Å². The predicted octanol–water partition coefficient (Wildman–Crippen LogP) is 4.75. The van der Waals surface area contributed by atoms with E-state index in [2.05, 4.69) is 11.4 Å². The standard InChI is InChI=1S/C26H27NO3/c1-17-8-6-11-20(16-17)24-23(18(2)27-21-12-7-13-22(28)25(21)24)26(29)30-15-14-19-9-4-3-5-10-19/h3-6,8-11,16,24,27H,7,12-15H2,1-2H3/t24-/m0/s1. The Bertz CT molecular complexity index is 1030. The van der Waals surface area contributed by atoms with Gasteiger partial charge in [0.25, 0.3) is 0 Å². The normalized spacial score (nSPS) is 18.7. The lowest BCUT2D eigenvalue weighted by Crippen LogP contribution is -2.34. The third kappa shape index (κ3) is 4.09. The van der Waals surface area contributed by atoms with Crippen LogP contribution in [0.25, 0.3) is 0 Å². The van der Waals surface area contributed by atoms with Crippen molar-refractivity contribution >= 4 is 11.8 Å². The number of hydrogen-bond acceptors (Lipinski definition) is 4. The van der Waals surface area contributed by atoms with Crippen molar-refractivity contribution in [1.29, 1.82) is 0 Å². The smallest absolute Gasteiger partial charge is 0.336 e. The third-order valence-electron chi connectivity index (χ3n) is 5.84. The van der Waals surface area contributed by atoms with E-state index in [1.165, 1.54) is 0 Å². The Morgan fingerprint density at radius 2 is 1.87 bits per heavy atom. The molecule has 0 spiro atoms. The molecule has 0 unspecified atom stereocenters. The summed E-state index contributed by atoms with van der Waals surface area (Å²) in [6.45, 7) is 4.23. The molecule has 1 aliphatic carbocycles. The number of nitrogens with one attached hydrogen (secondary N) is 1. The van der Waals surface area contributed by atoms with E-state index < -0.39 is 0 Å². The summed E-state index contributed by atoms with van der Waals surface area (Å²) in [6.07, 6.45) is 2.86. The Morgan fingerprint density at radius 3 is 2.63 bits per heavy atom. The molecule has 1 heterocycles. The highest BCUT2D eigenvalue weighted by Gasteiger charge is 2.39. The zero-order valence-corrected chi connectivity index (χ0v) is 17.5. The Morgan fingerprint density at radius 1 is 1.07 bits per heavy atom. The summed E-state index contributed by atoms with van der Waals surface area (Å²) in [7, 11) is 0. The highest BCUT2D eigenvalue weighted by Crippen LogP contribution is 2.42. The molecule has 30 heavy (non-hydrogen) atoms. The van der Waals surface area contributed by atoms with Gasteiger partial charge in [0.15, 0.2) is 5.78 Å². The summed E-state index contributed by atoms with van der Waals surface area (Å²) in [6, 6.07) is 18.0. The summed E-state index contributed by atoms with van der Waals surface area (Å²) in [5.74, 6) is -0.608. The number of rotatable bonds is 5. The van der Waals surface area contributed by atoms with E-state index in [-0.39, 0.29) is 17.7 Å². The molecule has 2 aliphatic rings. The minimum Gasteiger partial charge on any atom is -0.462 e. The first kappa shape index (κ1) is 20.1. The minimum absolute atomic E-state index is 0.123. The van der Waals surface area contributed by atoms with Crippen molar-refractivity contribution in [2.24, 2.45) is 0 Å². The lowest BCUT2D eigenvalue weighted by Gasteiger charge is -2.34. The lowest BCUT2D eigenvalue weighted by atomic mass is 9.75. The molecule has 4 nitrogen and oxygen atoms in total. The van der Waals surface area contributed by atoms with Gasteiger partial charge in [-0.15, -0.1) is 0 Å². The van der Waals surface area contributed by atoms with Crippen LogP contribution in [0.5, 0.6) is 0 Å². The Hall–Kier alpha value is -3.14. The molecule has 0 saturated carbocycles. The van der Waals surface area contributed by atoms with Crippen LogP contribution in [-0.4, -0.2) is 18.4 Å². The van der Waals surface area contributed by atoms with Crippen molar-refractivity contribution in [3.8, 4) is 0 Å². The molecule has 0 bridgehead atoms. The molecule has 2 aromatic rings. The Balaban J connectivity index is 1.64. The molecule has 1 N–H and O–H groups in total. The number of benzene rings is 2. The second-order valence-corrected chi connectivity index (χ2v) is 8.05. The van der Waals surface area contributed by atoms with E-state index >= 15 is 0 Å². The average Bonchev–Trinajstić information content (AvgIpc) is 2.73. The number of esters is 1. The van der Waals surface area contributed by atoms with Crippen LogP contribution in [-0.2, 0) is 20.7 Å². The topological polar surface area (TPSA) is 55.4 Å². The van der Waals surface area contributed by atoms with Crippen LogP contribution in [0.4, 0.5) is 0 Å². The van der Waals surface area contributed by atoms with E-state index in [0.717, 1.165) is 46.5 Å². The average molecular weight is 402 g/mol. The Labute approximate surface area is 177 Å². The fourth-order valence-electron chi connectivity index (χ4n) is 4.42. The van der Waals surface area contributed by atoms with Gasteiger partial charge in [0, 0.05) is 35.7 Å². The molecule has 1 atom stereocenters. The van der Waals surface area contributed by atoms with Crippen LogP contribution in [0, 0.1) is 6.92 Å². The monoisotopic (exact) mass is 401 g/mol. The zero-order valence-electron chi connectivity index (χ0n) is 17.5. The number of ether oxygens (including phenoxy) is 1. The fraction of sp³-hybridized carbons (Fsp3) is 0.308. The molecule has 2 aromatic carbocycles. The highest BCUT2D eigenvalue weighted by atomic mass is 16.5. The van der Waals surface area contributed by atoms with Crippen molar-refractivity contribution in [2.75, 3.05) is 6.61 Å².